The molecule has 1 heterocycles. The fourth-order valence-corrected chi connectivity index (χ4v) is 1.52. The highest BCUT2D eigenvalue weighted by molar-refractivity contribution is 6.30. The van der Waals surface area contributed by atoms with Crippen molar-refractivity contribution in [3.05, 3.63) is 41.2 Å². The van der Waals surface area contributed by atoms with E-state index in [0.29, 0.717) is 22.0 Å². The second-order valence-corrected chi connectivity index (χ2v) is 3.54. The molecule has 0 fully saturated rings. The molecule has 0 spiro atoms. The van der Waals surface area contributed by atoms with Crippen LogP contribution in [0.25, 0.3) is 5.69 Å². The molecule has 0 saturated heterocycles. The molecule has 1 aromatic heterocycles. The first kappa shape index (κ1) is 10.5. The lowest BCUT2D eigenvalue weighted by atomic mass is 10.3. The summed E-state index contributed by atoms with van der Waals surface area (Å²) in [5.74, 6) is 0.650. The van der Waals surface area contributed by atoms with Crippen molar-refractivity contribution in [2.24, 2.45) is 0 Å². The van der Waals surface area contributed by atoms with Crippen LogP contribution in [0, 0.1) is 11.3 Å². The van der Waals surface area contributed by atoms with E-state index in [0.717, 1.165) is 0 Å². The number of nitrogens with zero attached hydrogens (tertiary/aromatic N) is 3. The maximum Gasteiger partial charge on any atom is 0.144 e. The van der Waals surface area contributed by atoms with Gasteiger partial charge in [-0.3, -0.25) is 0 Å². The summed E-state index contributed by atoms with van der Waals surface area (Å²) in [6, 6.07) is 7.23. The minimum atomic E-state index is 0.488. The Hall–Kier alpha value is -1.99. The molecule has 0 N–H and O–H groups in total. The van der Waals surface area contributed by atoms with Crippen molar-refractivity contribution in [1.82, 2.24) is 9.78 Å². The van der Waals surface area contributed by atoms with Gasteiger partial charge in [0.15, 0.2) is 0 Å². The molecular weight excluding hydrogens is 226 g/mol. The van der Waals surface area contributed by atoms with E-state index in [2.05, 4.69) is 5.10 Å². The molecule has 16 heavy (non-hydrogen) atoms. The predicted molar refractivity (Wildman–Crippen MR) is 59.8 cm³/mol. The number of halogens is 1. The van der Waals surface area contributed by atoms with E-state index in [4.69, 9.17) is 21.6 Å². The number of methoxy groups -OCH3 is 1. The van der Waals surface area contributed by atoms with Crippen molar-refractivity contribution >= 4 is 11.6 Å². The van der Waals surface area contributed by atoms with Gasteiger partial charge in [-0.25, -0.2) is 4.68 Å². The van der Waals surface area contributed by atoms with Crippen LogP contribution in [-0.2, 0) is 0 Å². The SMILES string of the molecule is COc1ccc(Cl)cc1-n1cc(C#N)cn1. The molecule has 80 valence electrons. The van der Waals surface area contributed by atoms with E-state index in [1.165, 1.54) is 6.20 Å². The van der Waals surface area contributed by atoms with Gasteiger partial charge in [-0.15, -0.1) is 0 Å². The fourth-order valence-electron chi connectivity index (χ4n) is 1.35. The van der Waals surface area contributed by atoms with Gasteiger partial charge in [0, 0.05) is 11.2 Å². The van der Waals surface area contributed by atoms with Gasteiger partial charge in [-0.1, -0.05) is 11.6 Å². The topological polar surface area (TPSA) is 50.8 Å². The molecule has 2 aromatic rings. The largest absolute Gasteiger partial charge is 0.494 e. The van der Waals surface area contributed by atoms with Crippen molar-refractivity contribution in [3.63, 3.8) is 0 Å². The van der Waals surface area contributed by atoms with Gasteiger partial charge >= 0.3 is 0 Å². The molecular formula is C11H8ClN3O. The van der Waals surface area contributed by atoms with Gasteiger partial charge in [0.05, 0.1) is 18.9 Å². The normalized spacial score (nSPS) is 9.81. The Morgan fingerprint density at radius 1 is 1.50 bits per heavy atom. The van der Waals surface area contributed by atoms with Crippen molar-refractivity contribution in [1.29, 1.82) is 5.26 Å². The summed E-state index contributed by atoms with van der Waals surface area (Å²) in [5, 5.41) is 13.4. The van der Waals surface area contributed by atoms with Crippen LogP contribution in [0.5, 0.6) is 5.75 Å². The third kappa shape index (κ3) is 1.86. The van der Waals surface area contributed by atoms with Crippen molar-refractivity contribution in [2.45, 2.75) is 0 Å². The molecule has 0 unspecified atom stereocenters. The minimum absolute atomic E-state index is 0.488. The van der Waals surface area contributed by atoms with Gasteiger partial charge in [0.2, 0.25) is 0 Å². The molecule has 5 heteroatoms. The predicted octanol–water partition coefficient (Wildman–Crippen LogP) is 2.41. The van der Waals surface area contributed by atoms with E-state index >= 15 is 0 Å². The third-order valence-corrected chi connectivity index (χ3v) is 2.33. The van der Waals surface area contributed by atoms with Crippen LogP contribution in [0.15, 0.2) is 30.6 Å². The van der Waals surface area contributed by atoms with Gasteiger partial charge in [-0.2, -0.15) is 10.4 Å². The highest BCUT2D eigenvalue weighted by atomic mass is 35.5. The maximum atomic E-state index is 8.72. The van der Waals surface area contributed by atoms with Crippen LogP contribution in [-0.4, -0.2) is 16.9 Å². The van der Waals surface area contributed by atoms with Gasteiger partial charge in [-0.05, 0) is 18.2 Å². The quantitative estimate of drug-likeness (QED) is 0.800. The fraction of sp³-hybridized carbons (Fsp3) is 0.0909. The summed E-state index contributed by atoms with van der Waals surface area (Å²) in [6.07, 6.45) is 3.11. The van der Waals surface area contributed by atoms with Crippen LogP contribution in [0.1, 0.15) is 5.56 Å². The number of hydrogen-bond donors (Lipinski definition) is 0. The summed E-state index contributed by atoms with van der Waals surface area (Å²) >= 11 is 5.90. The molecule has 1 aromatic carbocycles. The summed E-state index contributed by atoms with van der Waals surface area (Å²) in [4.78, 5) is 0. The molecule has 0 aliphatic carbocycles. The van der Waals surface area contributed by atoms with Crippen molar-refractivity contribution < 1.29 is 4.74 Å². The maximum absolute atomic E-state index is 8.72. The first-order chi connectivity index (χ1) is 7.74. The summed E-state index contributed by atoms with van der Waals surface area (Å²) in [5.41, 5.74) is 1.19. The Labute approximate surface area is 97.6 Å². The van der Waals surface area contributed by atoms with Gasteiger partial charge in [0.25, 0.3) is 0 Å². The number of rotatable bonds is 2. The zero-order valence-corrected chi connectivity index (χ0v) is 9.27. The van der Waals surface area contributed by atoms with E-state index in [-0.39, 0.29) is 0 Å². The smallest absolute Gasteiger partial charge is 0.144 e. The molecule has 0 saturated carbocycles. The number of ether oxygens (including phenoxy) is 1. The van der Waals surface area contributed by atoms with Crippen LogP contribution < -0.4 is 4.74 Å². The number of hydrogen-bond acceptors (Lipinski definition) is 3. The number of aromatic nitrogens is 2. The Morgan fingerprint density at radius 2 is 2.31 bits per heavy atom. The summed E-state index contributed by atoms with van der Waals surface area (Å²) in [7, 11) is 1.57. The standard InChI is InChI=1S/C11H8ClN3O/c1-16-11-3-2-9(12)4-10(11)15-7-8(5-13)6-14-15/h2-4,6-7H,1H3. The highest BCUT2D eigenvalue weighted by Gasteiger charge is 2.07. The van der Waals surface area contributed by atoms with Gasteiger partial charge < -0.3 is 4.74 Å². The van der Waals surface area contributed by atoms with E-state index < -0.39 is 0 Å². The van der Waals surface area contributed by atoms with E-state index in [1.54, 1.807) is 36.2 Å². The first-order valence-corrected chi connectivity index (χ1v) is 4.91. The molecule has 2 rings (SSSR count). The molecule has 0 aliphatic rings. The lowest BCUT2D eigenvalue weighted by molar-refractivity contribution is 0.411. The average Bonchev–Trinajstić information content (AvgIpc) is 2.77. The first-order valence-electron chi connectivity index (χ1n) is 4.53. The zero-order valence-electron chi connectivity index (χ0n) is 8.51. The Bertz CT molecular complexity index is 557. The van der Waals surface area contributed by atoms with Crippen LogP contribution in [0.4, 0.5) is 0 Å². The number of benzene rings is 1. The summed E-state index contributed by atoms with van der Waals surface area (Å²) in [6.45, 7) is 0. The molecule has 0 bridgehead atoms. The van der Waals surface area contributed by atoms with E-state index in [9.17, 15) is 0 Å². The second kappa shape index (κ2) is 4.25. The Morgan fingerprint density at radius 3 is 2.94 bits per heavy atom. The minimum Gasteiger partial charge on any atom is -0.494 e. The Balaban J connectivity index is 2.54. The number of nitriles is 1. The lowest BCUT2D eigenvalue weighted by Gasteiger charge is -2.08. The van der Waals surface area contributed by atoms with Crippen LogP contribution >= 0.6 is 11.6 Å². The summed E-state index contributed by atoms with van der Waals surface area (Å²) < 4.78 is 6.75. The monoisotopic (exact) mass is 233 g/mol. The van der Waals surface area contributed by atoms with E-state index in [1.807, 2.05) is 6.07 Å². The van der Waals surface area contributed by atoms with Gasteiger partial charge in [0.1, 0.15) is 17.5 Å². The zero-order chi connectivity index (χ0) is 11.5. The highest BCUT2D eigenvalue weighted by Crippen LogP contribution is 2.25. The molecule has 0 atom stereocenters. The average molecular weight is 234 g/mol. The third-order valence-electron chi connectivity index (χ3n) is 2.10. The molecule has 0 aliphatic heterocycles. The Kier molecular flexibility index (Phi) is 2.80. The van der Waals surface area contributed by atoms with Crippen molar-refractivity contribution in [2.75, 3.05) is 7.11 Å². The molecule has 0 radical (unpaired) electrons. The molecule has 0 amide bonds. The van der Waals surface area contributed by atoms with Crippen molar-refractivity contribution in [3.8, 4) is 17.5 Å². The lowest BCUT2D eigenvalue weighted by Crippen LogP contribution is -1.98. The second-order valence-electron chi connectivity index (χ2n) is 3.10. The van der Waals surface area contributed by atoms with Crippen LogP contribution in [0.3, 0.4) is 0 Å². The molecule has 4 nitrogen and oxygen atoms in total. The van der Waals surface area contributed by atoms with Crippen LogP contribution in [0.2, 0.25) is 5.02 Å².